The second-order valence-electron chi connectivity index (χ2n) is 9.67. The van der Waals surface area contributed by atoms with Gasteiger partial charge in [-0.1, -0.05) is 42.5 Å². The molecule has 1 aliphatic rings. The van der Waals surface area contributed by atoms with E-state index in [4.69, 9.17) is 10.5 Å². The highest BCUT2D eigenvalue weighted by Crippen LogP contribution is 2.14. The lowest BCUT2D eigenvalue weighted by Gasteiger charge is -2.28. The van der Waals surface area contributed by atoms with Gasteiger partial charge in [0.25, 0.3) is 0 Å². The van der Waals surface area contributed by atoms with Gasteiger partial charge in [-0.05, 0) is 62.3 Å². The molecular formula is C29H42N4O4. The highest BCUT2D eigenvalue weighted by molar-refractivity contribution is 5.83. The summed E-state index contributed by atoms with van der Waals surface area (Å²) in [5.41, 5.74) is 8.21. The van der Waals surface area contributed by atoms with Gasteiger partial charge in [0.2, 0.25) is 11.8 Å². The molecule has 2 amide bonds. The number of benzene rings is 2. The smallest absolute Gasteiger partial charge is 0.237 e. The van der Waals surface area contributed by atoms with Gasteiger partial charge >= 0.3 is 0 Å². The summed E-state index contributed by atoms with van der Waals surface area (Å²) in [4.78, 5) is 27.3. The molecule has 3 rings (SSSR count). The van der Waals surface area contributed by atoms with Gasteiger partial charge in [0, 0.05) is 32.6 Å². The Hall–Kier alpha value is -2.94. The van der Waals surface area contributed by atoms with Crippen molar-refractivity contribution in [2.24, 2.45) is 5.73 Å². The molecule has 2 aromatic rings. The topological polar surface area (TPSA) is 117 Å². The highest BCUT2D eigenvalue weighted by Gasteiger charge is 2.25. The molecule has 0 radical (unpaired) electrons. The second kappa shape index (κ2) is 15.3. The van der Waals surface area contributed by atoms with Crippen LogP contribution in [0.1, 0.15) is 50.2 Å². The van der Waals surface area contributed by atoms with Crippen molar-refractivity contribution in [2.45, 2.75) is 70.2 Å². The molecule has 0 spiro atoms. The average Bonchev–Trinajstić information content (AvgIpc) is 2.92. The number of carbonyl (C=O) groups excluding carboxylic acids is 2. The fourth-order valence-electron chi connectivity index (χ4n) is 4.57. The van der Waals surface area contributed by atoms with Crippen LogP contribution in [0.3, 0.4) is 0 Å². The molecule has 202 valence electrons. The highest BCUT2D eigenvalue weighted by atomic mass is 16.5. The first kappa shape index (κ1) is 28.6. The van der Waals surface area contributed by atoms with Crippen LogP contribution in [0, 0.1) is 0 Å². The molecule has 5 N–H and O–H groups in total. The fourth-order valence-corrected chi connectivity index (χ4v) is 4.57. The first-order valence-corrected chi connectivity index (χ1v) is 13.4. The van der Waals surface area contributed by atoms with Crippen molar-refractivity contribution in [3.8, 4) is 5.75 Å². The van der Waals surface area contributed by atoms with E-state index in [1.165, 1.54) is 0 Å². The predicted molar refractivity (Wildman–Crippen MR) is 145 cm³/mol. The van der Waals surface area contributed by atoms with Crippen LogP contribution in [0.25, 0.3) is 0 Å². The van der Waals surface area contributed by atoms with Crippen molar-refractivity contribution in [1.82, 2.24) is 15.5 Å². The third-order valence-electron chi connectivity index (χ3n) is 6.70. The van der Waals surface area contributed by atoms with Crippen molar-refractivity contribution in [3.63, 3.8) is 0 Å². The summed E-state index contributed by atoms with van der Waals surface area (Å²) in [6.45, 7) is 4.97. The van der Waals surface area contributed by atoms with Crippen LogP contribution >= 0.6 is 0 Å². The maximum absolute atomic E-state index is 12.9. The van der Waals surface area contributed by atoms with Gasteiger partial charge in [-0.3, -0.25) is 9.59 Å². The molecule has 0 unspecified atom stereocenters. The zero-order chi connectivity index (χ0) is 26.5. The summed E-state index contributed by atoms with van der Waals surface area (Å²) in [6, 6.07) is 16.2. The summed E-state index contributed by atoms with van der Waals surface area (Å²) in [5.74, 6) is 0.515. The van der Waals surface area contributed by atoms with E-state index >= 15 is 0 Å². The molecule has 3 atom stereocenters. The van der Waals surface area contributed by atoms with E-state index in [1.807, 2.05) is 66.4 Å². The number of carbonyl (C=O) groups is 2. The number of hydrogen-bond donors (Lipinski definition) is 4. The number of likely N-dealkylation sites (tertiary alicyclic amines) is 1. The molecule has 1 saturated heterocycles. The van der Waals surface area contributed by atoms with Crippen LogP contribution < -0.4 is 21.1 Å². The molecule has 37 heavy (non-hydrogen) atoms. The Morgan fingerprint density at radius 3 is 2.51 bits per heavy atom. The summed E-state index contributed by atoms with van der Waals surface area (Å²) < 4.78 is 5.55. The average molecular weight is 511 g/mol. The molecule has 1 heterocycles. The Kier molecular flexibility index (Phi) is 11.9. The lowest BCUT2D eigenvalue weighted by Crippen LogP contribution is -2.53. The van der Waals surface area contributed by atoms with Crippen LogP contribution in [-0.4, -0.2) is 66.2 Å². The number of amides is 2. The summed E-state index contributed by atoms with van der Waals surface area (Å²) in [5, 5.41) is 17.2. The van der Waals surface area contributed by atoms with Crippen LogP contribution in [0.5, 0.6) is 5.75 Å². The Bertz CT molecular complexity index is 965. The zero-order valence-corrected chi connectivity index (χ0v) is 21.9. The second-order valence-corrected chi connectivity index (χ2v) is 9.67. The first-order valence-electron chi connectivity index (χ1n) is 13.4. The van der Waals surface area contributed by atoms with Crippen molar-refractivity contribution in [3.05, 3.63) is 65.7 Å². The van der Waals surface area contributed by atoms with Crippen molar-refractivity contribution in [2.75, 3.05) is 26.2 Å². The number of aliphatic hydroxyl groups is 1. The van der Waals surface area contributed by atoms with E-state index in [1.54, 1.807) is 0 Å². The summed E-state index contributed by atoms with van der Waals surface area (Å²) >= 11 is 0. The number of rotatable bonds is 14. The summed E-state index contributed by atoms with van der Waals surface area (Å²) in [7, 11) is 0. The van der Waals surface area contributed by atoms with Gasteiger partial charge in [-0.2, -0.15) is 0 Å². The van der Waals surface area contributed by atoms with Gasteiger partial charge in [0.15, 0.2) is 0 Å². The summed E-state index contributed by atoms with van der Waals surface area (Å²) in [6.07, 6.45) is 3.39. The largest absolute Gasteiger partial charge is 0.494 e. The first-order chi connectivity index (χ1) is 18.0. The number of nitrogens with one attached hydrogen (secondary N) is 2. The maximum atomic E-state index is 12.9. The number of nitrogens with zero attached hydrogens (tertiary/aromatic N) is 1. The fraction of sp³-hybridized carbons (Fsp3) is 0.517. The van der Waals surface area contributed by atoms with Crippen LogP contribution in [0.2, 0.25) is 0 Å². The number of ether oxygens (including phenoxy) is 1. The molecule has 2 aromatic carbocycles. The predicted octanol–water partition coefficient (Wildman–Crippen LogP) is 2.38. The minimum Gasteiger partial charge on any atom is -0.494 e. The van der Waals surface area contributed by atoms with Crippen LogP contribution in [0.15, 0.2) is 54.6 Å². The third kappa shape index (κ3) is 9.80. The van der Waals surface area contributed by atoms with Crippen molar-refractivity contribution in [1.29, 1.82) is 0 Å². The van der Waals surface area contributed by atoms with E-state index in [9.17, 15) is 14.7 Å². The molecule has 0 aliphatic carbocycles. The Morgan fingerprint density at radius 1 is 1.05 bits per heavy atom. The van der Waals surface area contributed by atoms with Gasteiger partial charge in [-0.25, -0.2) is 0 Å². The van der Waals surface area contributed by atoms with Crippen LogP contribution in [-0.2, 0) is 22.6 Å². The monoisotopic (exact) mass is 510 g/mol. The van der Waals surface area contributed by atoms with E-state index < -0.39 is 18.2 Å². The van der Waals surface area contributed by atoms with Crippen LogP contribution in [0.4, 0.5) is 0 Å². The van der Waals surface area contributed by atoms with Crippen molar-refractivity contribution < 1.29 is 19.4 Å². The molecular weight excluding hydrogens is 468 g/mol. The minimum absolute atomic E-state index is 0.0569. The van der Waals surface area contributed by atoms with E-state index in [2.05, 4.69) is 10.6 Å². The molecule has 8 heteroatoms. The van der Waals surface area contributed by atoms with E-state index in [-0.39, 0.29) is 24.7 Å². The number of piperidine rings is 1. The maximum Gasteiger partial charge on any atom is 0.237 e. The number of aliphatic hydroxyl groups excluding tert-OH is 1. The SMILES string of the molecule is CCOc1cccc(CNC[C@@H](O)[C@H](Cc2ccccc2)NC(=O)[C@@H](N)CCC(=O)N2CCCCC2)c1. The Morgan fingerprint density at radius 2 is 1.78 bits per heavy atom. The van der Waals surface area contributed by atoms with Gasteiger partial charge in [-0.15, -0.1) is 0 Å². The molecule has 0 bridgehead atoms. The third-order valence-corrected chi connectivity index (χ3v) is 6.70. The minimum atomic E-state index is -0.832. The van der Waals surface area contributed by atoms with E-state index in [0.29, 0.717) is 26.1 Å². The zero-order valence-electron chi connectivity index (χ0n) is 21.9. The lowest BCUT2D eigenvalue weighted by atomic mass is 10.00. The van der Waals surface area contributed by atoms with Crippen molar-refractivity contribution >= 4 is 11.8 Å². The molecule has 1 fully saturated rings. The molecule has 0 saturated carbocycles. The van der Waals surface area contributed by atoms with Gasteiger partial charge in [0.1, 0.15) is 5.75 Å². The lowest BCUT2D eigenvalue weighted by molar-refractivity contribution is -0.132. The van der Waals surface area contributed by atoms with E-state index in [0.717, 1.165) is 49.2 Å². The molecule has 8 nitrogen and oxygen atoms in total. The number of nitrogens with two attached hydrogens (primary N) is 1. The Labute approximate surface area is 220 Å². The van der Waals surface area contributed by atoms with Gasteiger partial charge in [0.05, 0.1) is 24.8 Å². The standard InChI is InChI=1S/C29H42N4O4/c1-2-37-24-13-9-12-23(18-24)20-31-21-27(34)26(19-22-10-5-3-6-11-22)32-29(36)25(30)14-15-28(35)33-16-7-4-8-17-33/h3,5-6,9-13,18,25-27,31,34H,2,4,7-8,14-17,19-21,30H2,1H3,(H,32,36)/t25-,26-,27+/m0/s1. The Balaban J connectivity index is 1.53. The number of hydrogen-bond acceptors (Lipinski definition) is 6. The van der Waals surface area contributed by atoms with Gasteiger partial charge < -0.3 is 31.1 Å². The quantitative estimate of drug-likeness (QED) is 0.310. The molecule has 0 aromatic heterocycles. The normalized spacial score (nSPS) is 16.0. The molecule has 1 aliphatic heterocycles.